The van der Waals surface area contributed by atoms with Gasteiger partial charge in [-0.05, 0) is 6.07 Å². The summed E-state index contributed by atoms with van der Waals surface area (Å²) in [5, 5.41) is 3.99. The van der Waals surface area contributed by atoms with Crippen LogP contribution in [0.15, 0.2) is 29.5 Å². The normalized spacial score (nSPS) is 12.8. The van der Waals surface area contributed by atoms with E-state index in [1.807, 2.05) is 6.92 Å². The van der Waals surface area contributed by atoms with Crippen molar-refractivity contribution in [1.82, 2.24) is 14.2 Å². The lowest BCUT2D eigenvalue weighted by atomic mass is 10.2. The second kappa shape index (κ2) is 4.05. The van der Waals surface area contributed by atoms with Crippen LogP contribution in [-0.2, 0) is 6.54 Å². The fourth-order valence-electron chi connectivity index (χ4n) is 1.49. The van der Waals surface area contributed by atoms with Crippen molar-refractivity contribution in [2.45, 2.75) is 13.5 Å². The van der Waals surface area contributed by atoms with Crippen molar-refractivity contribution in [3.63, 3.8) is 0 Å². The van der Waals surface area contributed by atoms with Gasteiger partial charge in [0.15, 0.2) is 0 Å². The molecule has 2 rings (SSSR count). The maximum atomic E-state index is 12.0. The van der Waals surface area contributed by atoms with Gasteiger partial charge in [-0.2, -0.15) is 5.10 Å². The van der Waals surface area contributed by atoms with Crippen molar-refractivity contribution in [2.24, 2.45) is 11.7 Å². The van der Waals surface area contributed by atoms with E-state index >= 15 is 0 Å². The van der Waals surface area contributed by atoms with Crippen LogP contribution in [0.25, 0.3) is 5.52 Å². The molecule has 16 heavy (non-hydrogen) atoms. The average Bonchev–Trinajstić information content (AvgIpc) is 2.70. The van der Waals surface area contributed by atoms with Gasteiger partial charge < -0.3 is 10.3 Å². The molecular formula is C10H12N4OS. The van der Waals surface area contributed by atoms with E-state index in [0.717, 1.165) is 0 Å². The summed E-state index contributed by atoms with van der Waals surface area (Å²) in [4.78, 5) is 12.4. The molecule has 1 atom stereocenters. The first-order chi connectivity index (χ1) is 7.59. The Hall–Kier alpha value is -1.69. The Bertz CT molecular complexity index is 586. The van der Waals surface area contributed by atoms with Gasteiger partial charge >= 0.3 is 0 Å². The smallest absolute Gasteiger partial charge is 0.276 e. The van der Waals surface area contributed by atoms with Crippen molar-refractivity contribution in [3.8, 4) is 0 Å². The quantitative estimate of drug-likeness (QED) is 0.784. The average molecular weight is 236 g/mol. The van der Waals surface area contributed by atoms with E-state index in [0.29, 0.717) is 17.0 Å². The molecule has 0 saturated carbocycles. The maximum Gasteiger partial charge on any atom is 0.276 e. The lowest BCUT2D eigenvalue weighted by Gasteiger charge is -2.11. The van der Waals surface area contributed by atoms with Gasteiger partial charge in [-0.25, -0.2) is 4.52 Å². The highest BCUT2D eigenvalue weighted by Gasteiger charge is 2.09. The molecule has 84 valence electrons. The molecule has 0 amide bonds. The lowest BCUT2D eigenvalue weighted by molar-refractivity contribution is 0.578. The van der Waals surface area contributed by atoms with Crippen LogP contribution in [0.1, 0.15) is 6.92 Å². The van der Waals surface area contributed by atoms with E-state index in [2.05, 4.69) is 5.10 Å². The summed E-state index contributed by atoms with van der Waals surface area (Å²) in [7, 11) is 0. The Morgan fingerprint density at radius 1 is 1.62 bits per heavy atom. The molecule has 2 heterocycles. The van der Waals surface area contributed by atoms with Gasteiger partial charge in [0.2, 0.25) is 0 Å². The second-order valence-corrected chi connectivity index (χ2v) is 4.19. The van der Waals surface area contributed by atoms with Gasteiger partial charge in [0.1, 0.15) is 5.52 Å². The van der Waals surface area contributed by atoms with E-state index in [1.54, 1.807) is 33.7 Å². The fraction of sp³-hybridized carbons (Fsp3) is 0.300. The predicted octanol–water partition coefficient (Wildman–Crippen LogP) is 0.418. The number of thiocarbonyl (C=S) groups is 1. The molecule has 0 aliphatic carbocycles. The molecule has 0 spiro atoms. The molecule has 2 aromatic rings. The number of aromatic nitrogens is 3. The van der Waals surface area contributed by atoms with Crippen LogP contribution in [0.4, 0.5) is 0 Å². The van der Waals surface area contributed by atoms with E-state index in [1.165, 1.54) is 0 Å². The zero-order valence-corrected chi connectivity index (χ0v) is 9.65. The molecule has 2 aromatic heterocycles. The Balaban J connectivity index is 2.42. The van der Waals surface area contributed by atoms with Crippen molar-refractivity contribution < 1.29 is 0 Å². The van der Waals surface area contributed by atoms with Crippen molar-refractivity contribution in [3.05, 3.63) is 35.0 Å². The molecule has 0 fully saturated rings. The molecule has 0 aliphatic heterocycles. The number of rotatable bonds is 3. The Kier molecular flexibility index (Phi) is 2.74. The summed E-state index contributed by atoms with van der Waals surface area (Å²) in [5.41, 5.74) is 6.00. The van der Waals surface area contributed by atoms with Gasteiger partial charge in [-0.15, -0.1) is 0 Å². The highest BCUT2D eigenvalue weighted by atomic mass is 32.1. The number of hydrogen-bond donors (Lipinski definition) is 1. The van der Waals surface area contributed by atoms with E-state index in [9.17, 15) is 4.79 Å². The van der Waals surface area contributed by atoms with Crippen LogP contribution in [-0.4, -0.2) is 19.2 Å². The van der Waals surface area contributed by atoms with Gasteiger partial charge in [0.25, 0.3) is 5.56 Å². The second-order valence-electron chi connectivity index (χ2n) is 3.72. The van der Waals surface area contributed by atoms with E-state index < -0.39 is 0 Å². The van der Waals surface area contributed by atoms with Crippen LogP contribution >= 0.6 is 12.2 Å². The molecule has 5 nitrogen and oxygen atoms in total. The third kappa shape index (κ3) is 1.83. The fourth-order valence-corrected chi connectivity index (χ4v) is 1.56. The van der Waals surface area contributed by atoms with Crippen molar-refractivity contribution in [1.29, 1.82) is 0 Å². The van der Waals surface area contributed by atoms with Gasteiger partial charge in [0.05, 0.1) is 11.2 Å². The first-order valence-electron chi connectivity index (χ1n) is 4.91. The molecule has 2 N–H and O–H groups in total. The minimum absolute atomic E-state index is 0.00179. The Labute approximate surface area is 97.5 Å². The molecule has 6 heteroatoms. The highest BCUT2D eigenvalue weighted by molar-refractivity contribution is 7.80. The molecule has 0 aromatic carbocycles. The van der Waals surface area contributed by atoms with Gasteiger partial charge in [0, 0.05) is 24.9 Å². The van der Waals surface area contributed by atoms with E-state index in [-0.39, 0.29) is 11.5 Å². The van der Waals surface area contributed by atoms with Crippen LogP contribution < -0.4 is 11.3 Å². The van der Waals surface area contributed by atoms with Crippen LogP contribution in [0, 0.1) is 5.92 Å². The first-order valence-corrected chi connectivity index (χ1v) is 5.32. The summed E-state index contributed by atoms with van der Waals surface area (Å²) in [6, 6.07) is 1.68. The minimum Gasteiger partial charge on any atom is -0.393 e. The molecule has 0 radical (unpaired) electrons. The molecule has 0 saturated heterocycles. The maximum absolute atomic E-state index is 12.0. The Morgan fingerprint density at radius 3 is 3.06 bits per heavy atom. The third-order valence-corrected chi connectivity index (χ3v) is 2.90. The Morgan fingerprint density at radius 2 is 2.38 bits per heavy atom. The summed E-state index contributed by atoms with van der Waals surface area (Å²) in [6.45, 7) is 2.39. The van der Waals surface area contributed by atoms with E-state index in [4.69, 9.17) is 18.0 Å². The zero-order valence-electron chi connectivity index (χ0n) is 8.83. The van der Waals surface area contributed by atoms with Crippen molar-refractivity contribution >= 4 is 22.7 Å². The largest absolute Gasteiger partial charge is 0.393 e. The summed E-state index contributed by atoms with van der Waals surface area (Å²) in [5.74, 6) is -0.00179. The lowest BCUT2D eigenvalue weighted by Crippen LogP contribution is -2.29. The number of nitrogens with zero attached hydrogens (tertiary/aromatic N) is 3. The monoisotopic (exact) mass is 236 g/mol. The molecular weight excluding hydrogens is 224 g/mol. The minimum atomic E-state index is -0.0805. The van der Waals surface area contributed by atoms with Gasteiger partial charge in [-0.3, -0.25) is 4.79 Å². The number of nitrogens with two attached hydrogens (primary N) is 1. The molecule has 0 bridgehead atoms. The molecule has 0 aliphatic rings. The zero-order chi connectivity index (χ0) is 11.7. The van der Waals surface area contributed by atoms with Crippen LogP contribution in [0.3, 0.4) is 0 Å². The number of fused-ring (bicyclic) bond motifs is 1. The first kappa shape index (κ1) is 10.8. The highest BCUT2D eigenvalue weighted by Crippen LogP contribution is 2.00. The third-order valence-electron chi connectivity index (χ3n) is 2.49. The summed E-state index contributed by atoms with van der Waals surface area (Å²) >= 11 is 4.88. The predicted molar refractivity (Wildman–Crippen MR) is 65.4 cm³/mol. The van der Waals surface area contributed by atoms with Crippen LogP contribution in [0.5, 0.6) is 0 Å². The SMILES string of the molecule is CC(Cn1ccn2nccc2c1=O)C(N)=S. The van der Waals surface area contributed by atoms with Crippen LogP contribution in [0.2, 0.25) is 0 Å². The summed E-state index contributed by atoms with van der Waals surface area (Å²) < 4.78 is 3.14. The summed E-state index contributed by atoms with van der Waals surface area (Å²) in [6.07, 6.45) is 5.03. The molecule has 1 unspecified atom stereocenters. The van der Waals surface area contributed by atoms with Gasteiger partial charge in [-0.1, -0.05) is 19.1 Å². The topological polar surface area (TPSA) is 65.3 Å². The number of hydrogen-bond acceptors (Lipinski definition) is 3. The van der Waals surface area contributed by atoms with Crippen molar-refractivity contribution in [2.75, 3.05) is 0 Å². The standard InChI is InChI=1S/C10H12N4OS/c1-7(9(11)16)6-13-4-5-14-8(10(13)15)2-3-12-14/h2-5,7H,6H2,1H3,(H2,11,16).